The number of piperidine rings is 1. The number of benzene rings is 1. The fourth-order valence-electron chi connectivity index (χ4n) is 3.08. The molecule has 4 heteroatoms. The Hall–Kier alpha value is -1.94. The monoisotopic (exact) mass is 313 g/mol. The number of nitrogens with one attached hydrogen (secondary N) is 1. The molecule has 122 valence electrons. The van der Waals surface area contributed by atoms with Crippen LogP contribution in [-0.4, -0.2) is 18.1 Å². The first-order chi connectivity index (χ1) is 11.2. The van der Waals surface area contributed by atoms with E-state index >= 15 is 0 Å². The fraction of sp³-hybridized carbons (Fsp3) is 0.421. The summed E-state index contributed by atoms with van der Waals surface area (Å²) in [4.78, 5) is 6.27. The van der Waals surface area contributed by atoms with Gasteiger partial charge in [0.25, 0.3) is 0 Å². The molecule has 2 aromatic rings. The van der Waals surface area contributed by atoms with Crippen LogP contribution >= 0.6 is 0 Å². The molecule has 0 saturated carbocycles. The lowest BCUT2D eigenvalue weighted by Crippen LogP contribution is -2.30. The normalized spacial score (nSPS) is 16.3. The van der Waals surface area contributed by atoms with Crippen LogP contribution in [0.25, 0.3) is 0 Å². The first-order valence-corrected chi connectivity index (χ1v) is 8.41. The summed E-state index contributed by atoms with van der Waals surface area (Å²) >= 11 is 0. The zero-order valence-corrected chi connectivity index (χ0v) is 13.6. The minimum atomic E-state index is -0.112. The molecule has 1 fully saturated rings. The molecule has 0 amide bonds. The van der Waals surface area contributed by atoms with Crippen molar-refractivity contribution < 1.29 is 4.39 Å². The minimum absolute atomic E-state index is 0.0973. The third-order valence-corrected chi connectivity index (χ3v) is 4.50. The summed E-state index contributed by atoms with van der Waals surface area (Å²) in [6, 6.07) is 9.69. The first kappa shape index (κ1) is 15.9. The summed E-state index contributed by atoms with van der Waals surface area (Å²) in [6.45, 7) is 4.71. The van der Waals surface area contributed by atoms with Crippen molar-refractivity contribution in [1.29, 1.82) is 0 Å². The molecule has 1 aromatic carbocycles. The summed E-state index contributed by atoms with van der Waals surface area (Å²) in [5.41, 5.74) is 2.85. The van der Waals surface area contributed by atoms with Gasteiger partial charge in [0.2, 0.25) is 0 Å². The van der Waals surface area contributed by atoms with Gasteiger partial charge in [-0.05, 0) is 55.5 Å². The second kappa shape index (κ2) is 7.55. The van der Waals surface area contributed by atoms with Crippen molar-refractivity contribution in [3.05, 3.63) is 59.7 Å². The van der Waals surface area contributed by atoms with Gasteiger partial charge in [-0.15, -0.1) is 0 Å². The molecule has 3 rings (SSSR count). The van der Waals surface area contributed by atoms with Crippen molar-refractivity contribution in [2.24, 2.45) is 0 Å². The van der Waals surface area contributed by atoms with Crippen LogP contribution in [0.5, 0.6) is 0 Å². The molecule has 1 aromatic heterocycles. The van der Waals surface area contributed by atoms with Crippen molar-refractivity contribution >= 4 is 5.69 Å². The molecular weight excluding hydrogens is 289 g/mol. The Morgan fingerprint density at radius 2 is 2.04 bits per heavy atom. The van der Waals surface area contributed by atoms with Crippen molar-refractivity contribution in [1.82, 2.24) is 10.3 Å². The molecule has 0 aliphatic carbocycles. The van der Waals surface area contributed by atoms with Gasteiger partial charge in [-0.3, -0.25) is 4.98 Å². The van der Waals surface area contributed by atoms with Crippen LogP contribution in [0, 0.1) is 5.82 Å². The molecule has 1 aliphatic rings. The second-order valence-electron chi connectivity index (χ2n) is 6.22. The van der Waals surface area contributed by atoms with Crippen LogP contribution < -0.4 is 10.2 Å². The average molecular weight is 313 g/mol. The van der Waals surface area contributed by atoms with Crippen molar-refractivity contribution in [3.8, 4) is 0 Å². The van der Waals surface area contributed by atoms with Gasteiger partial charge in [-0.2, -0.15) is 0 Å². The Morgan fingerprint density at radius 3 is 2.74 bits per heavy atom. The number of pyridine rings is 1. The van der Waals surface area contributed by atoms with Gasteiger partial charge in [0, 0.05) is 38.1 Å². The van der Waals surface area contributed by atoms with Crippen LogP contribution in [0.2, 0.25) is 0 Å². The molecule has 23 heavy (non-hydrogen) atoms. The number of rotatable bonds is 5. The van der Waals surface area contributed by atoms with Gasteiger partial charge in [0.1, 0.15) is 5.82 Å². The molecule has 1 atom stereocenters. The number of halogens is 1. The van der Waals surface area contributed by atoms with Gasteiger partial charge in [0.05, 0.1) is 5.69 Å². The maximum Gasteiger partial charge on any atom is 0.146 e. The molecule has 0 spiro atoms. The third-order valence-electron chi connectivity index (χ3n) is 4.50. The Morgan fingerprint density at radius 1 is 1.22 bits per heavy atom. The Kier molecular flexibility index (Phi) is 5.23. The van der Waals surface area contributed by atoms with Gasteiger partial charge in [-0.25, -0.2) is 4.39 Å². The maximum absolute atomic E-state index is 14.5. The van der Waals surface area contributed by atoms with E-state index in [4.69, 9.17) is 0 Å². The van der Waals surface area contributed by atoms with Crippen LogP contribution in [0.15, 0.2) is 42.7 Å². The van der Waals surface area contributed by atoms with E-state index in [-0.39, 0.29) is 11.9 Å². The van der Waals surface area contributed by atoms with Crippen LogP contribution in [0.1, 0.15) is 43.4 Å². The smallest absolute Gasteiger partial charge is 0.146 e. The zero-order valence-electron chi connectivity index (χ0n) is 13.6. The molecule has 1 N–H and O–H groups in total. The lowest BCUT2D eigenvalue weighted by atomic mass is 10.1. The highest BCUT2D eigenvalue weighted by Gasteiger charge is 2.16. The SMILES string of the molecule is C[C@@H](NCc1cccnc1)c1ccc(N2CCCCC2)c(F)c1. The van der Waals surface area contributed by atoms with Crippen molar-refractivity contribution in [2.45, 2.75) is 38.8 Å². The molecule has 1 saturated heterocycles. The molecule has 0 unspecified atom stereocenters. The topological polar surface area (TPSA) is 28.2 Å². The molecular formula is C19H24FN3. The Bertz CT molecular complexity index is 624. The summed E-state index contributed by atoms with van der Waals surface area (Å²) < 4.78 is 14.5. The standard InChI is InChI=1S/C19H24FN3/c1-15(22-14-16-6-5-9-21-13-16)17-7-8-19(18(20)12-17)23-10-3-2-4-11-23/h5-9,12-13,15,22H,2-4,10-11,14H2,1H3/t15-/m1/s1. The van der Waals surface area contributed by atoms with E-state index < -0.39 is 0 Å². The highest BCUT2D eigenvalue weighted by molar-refractivity contribution is 5.49. The summed E-state index contributed by atoms with van der Waals surface area (Å²) in [5.74, 6) is -0.112. The highest BCUT2D eigenvalue weighted by Crippen LogP contribution is 2.26. The third kappa shape index (κ3) is 4.08. The van der Waals surface area contributed by atoms with Crippen LogP contribution in [-0.2, 0) is 6.54 Å². The first-order valence-electron chi connectivity index (χ1n) is 8.41. The maximum atomic E-state index is 14.5. The number of anilines is 1. The fourth-order valence-corrected chi connectivity index (χ4v) is 3.08. The number of hydrogen-bond acceptors (Lipinski definition) is 3. The van der Waals surface area contributed by atoms with E-state index in [2.05, 4.69) is 22.1 Å². The van der Waals surface area contributed by atoms with E-state index in [0.29, 0.717) is 0 Å². The predicted octanol–water partition coefficient (Wildman–Crippen LogP) is 4.06. The number of aromatic nitrogens is 1. The van der Waals surface area contributed by atoms with E-state index in [0.717, 1.165) is 49.3 Å². The van der Waals surface area contributed by atoms with Crippen LogP contribution in [0.3, 0.4) is 0 Å². The summed E-state index contributed by atoms with van der Waals surface area (Å²) in [6.07, 6.45) is 7.18. The van der Waals surface area contributed by atoms with Crippen molar-refractivity contribution in [2.75, 3.05) is 18.0 Å². The predicted molar refractivity (Wildman–Crippen MR) is 92.0 cm³/mol. The van der Waals surface area contributed by atoms with Crippen molar-refractivity contribution in [3.63, 3.8) is 0 Å². The van der Waals surface area contributed by atoms with E-state index in [9.17, 15) is 4.39 Å². The molecule has 3 nitrogen and oxygen atoms in total. The summed E-state index contributed by atoms with van der Waals surface area (Å²) in [7, 11) is 0. The highest BCUT2D eigenvalue weighted by atomic mass is 19.1. The quantitative estimate of drug-likeness (QED) is 0.902. The molecule has 0 bridgehead atoms. The lowest BCUT2D eigenvalue weighted by molar-refractivity contribution is 0.547. The molecule has 0 radical (unpaired) electrons. The average Bonchev–Trinajstić information content (AvgIpc) is 2.61. The summed E-state index contributed by atoms with van der Waals surface area (Å²) in [5, 5.41) is 3.42. The molecule has 1 aliphatic heterocycles. The number of nitrogens with zero attached hydrogens (tertiary/aromatic N) is 2. The van der Waals surface area contributed by atoms with E-state index in [1.165, 1.54) is 6.42 Å². The van der Waals surface area contributed by atoms with Gasteiger partial charge in [-0.1, -0.05) is 12.1 Å². The van der Waals surface area contributed by atoms with E-state index in [1.54, 1.807) is 12.3 Å². The van der Waals surface area contributed by atoms with Gasteiger partial charge in [0.15, 0.2) is 0 Å². The minimum Gasteiger partial charge on any atom is -0.369 e. The van der Waals surface area contributed by atoms with Gasteiger partial charge >= 0.3 is 0 Å². The van der Waals surface area contributed by atoms with Crippen LogP contribution in [0.4, 0.5) is 10.1 Å². The molecule has 2 heterocycles. The zero-order chi connectivity index (χ0) is 16.1. The Balaban J connectivity index is 1.64. The van der Waals surface area contributed by atoms with E-state index in [1.807, 2.05) is 30.5 Å². The number of hydrogen-bond donors (Lipinski definition) is 1. The largest absolute Gasteiger partial charge is 0.369 e. The van der Waals surface area contributed by atoms with Gasteiger partial charge < -0.3 is 10.2 Å². The second-order valence-corrected chi connectivity index (χ2v) is 6.22. The lowest BCUT2D eigenvalue weighted by Gasteiger charge is -2.29. The Labute approximate surface area is 137 Å².